The third-order valence-electron chi connectivity index (χ3n) is 2.57. The van der Waals surface area contributed by atoms with E-state index < -0.39 is 0 Å². The number of esters is 1. The minimum atomic E-state index is -0.0679. The summed E-state index contributed by atoms with van der Waals surface area (Å²) < 4.78 is 5.06. The van der Waals surface area contributed by atoms with Crippen molar-refractivity contribution in [2.75, 3.05) is 6.61 Å². The molecule has 0 saturated heterocycles. The predicted molar refractivity (Wildman–Crippen MR) is 54.0 cm³/mol. The third kappa shape index (κ3) is 2.13. The molecule has 0 saturated carbocycles. The SMILES string of the molecule is O=C1CCc2ccccc2CCCO1. The number of ether oxygens (including phenoxy) is 1. The van der Waals surface area contributed by atoms with Gasteiger partial charge in [-0.3, -0.25) is 4.79 Å². The number of benzene rings is 1. The molecule has 1 heterocycles. The van der Waals surface area contributed by atoms with Crippen LogP contribution in [0.1, 0.15) is 24.0 Å². The lowest BCUT2D eigenvalue weighted by atomic mass is 10.00. The summed E-state index contributed by atoms with van der Waals surface area (Å²) in [5.74, 6) is -0.0679. The lowest BCUT2D eigenvalue weighted by molar-refractivity contribution is -0.143. The summed E-state index contributed by atoms with van der Waals surface area (Å²) in [6, 6.07) is 8.33. The van der Waals surface area contributed by atoms with Crippen molar-refractivity contribution in [1.29, 1.82) is 0 Å². The van der Waals surface area contributed by atoms with E-state index >= 15 is 0 Å². The van der Waals surface area contributed by atoms with Gasteiger partial charge in [0, 0.05) is 6.42 Å². The predicted octanol–water partition coefficient (Wildman–Crippen LogP) is 2.11. The van der Waals surface area contributed by atoms with Crippen molar-refractivity contribution in [2.45, 2.75) is 25.7 Å². The van der Waals surface area contributed by atoms with Crippen LogP contribution >= 0.6 is 0 Å². The average Bonchev–Trinajstić information content (AvgIpc) is 2.30. The van der Waals surface area contributed by atoms with E-state index in [1.165, 1.54) is 11.1 Å². The van der Waals surface area contributed by atoms with Gasteiger partial charge in [0.05, 0.1) is 6.61 Å². The van der Waals surface area contributed by atoms with Crippen molar-refractivity contribution in [3.05, 3.63) is 35.4 Å². The maximum Gasteiger partial charge on any atom is 0.306 e. The molecule has 2 nitrogen and oxygen atoms in total. The van der Waals surface area contributed by atoms with Crippen LogP contribution in [-0.4, -0.2) is 12.6 Å². The van der Waals surface area contributed by atoms with Crippen LogP contribution < -0.4 is 0 Å². The Balaban J connectivity index is 2.20. The Morgan fingerprint density at radius 3 is 2.50 bits per heavy atom. The molecular formula is C12H14O2. The monoisotopic (exact) mass is 190 g/mol. The maximum atomic E-state index is 11.2. The summed E-state index contributed by atoms with van der Waals surface area (Å²) >= 11 is 0. The summed E-state index contributed by atoms with van der Waals surface area (Å²) in [5.41, 5.74) is 2.66. The van der Waals surface area contributed by atoms with Crippen molar-refractivity contribution in [2.24, 2.45) is 0 Å². The largest absolute Gasteiger partial charge is 0.466 e. The van der Waals surface area contributed by atoms with Gasteiger partial charge in [0.25, 0.3) is 0 Å². The second-order valence-electron chi connectivity index (χ2n) is 3.59. The second-order valence-corrected chi connectivity index (χ2v) is 3.59. The molecule has 0 radical (unpaired) electrons. The van der Waals surface area contributed by atoms with Crippen LogP contribution in [0.15, 0.2) is 24.3 Å². The quantitative estimate of drug-likeness (QED) is 0.586. The lowest BCUT2D eigenvalue weighted by Crippen LogP contribution is -2.05. The maximum absolute atomic E-state index is 11.2. The van der Waals surface area contributed by atoms with Crippen LogP contribution in [0.25, 0.3) is 0 Å². The zero-order valence-corrected chi connectivity index (χ0v) is 8.16. The minimum Gasteiger partial charge on any atom is -0.466 e. The third-order valence-corrected chi connectivity index (χ3v) is 2.57. The average molecular weight is 190 g/mol. The summed E-state index contributed by atoms with van der Waals surface area (Å²) in [4.78, 5) is 11.2. The van der Waals surface area contributed by atoms with Crippen molar-refractivity contribution >= 4 is 5.97 Å². The van der Waals surface area contributed by atoms with Gasteiger partial charge >= 0.3 is 5.97 Å². The van der Waals surface area contributed by atoms with Gasteiger partial charge in [-0.25, -0.2) is 0 Å². The lowest BCUT2D eigenvalue weighted by Gasteiger charge is -2.05. The summed E-state index contributed by atoms with van der Waals surface area (Å²) in [6.07, 6.45) is 3.28. The Kier molecular flexibility index (Phi) is 2.82. The molecule has 14 heavy (non-hydrogen) atoms. The summed E-state index contributed by atoms with van der Waals surface area (Å²) in [5, 5.41) is 0. The van der Waals surface area contributed by atoms with Crippen LogP contribution in [-0.2, 0) is 22.4 Å². The number of rotatable bonds is 0. The van der Waals surface area contributed by atoms with E-state index in [2.05, 4.69) is 18.2 Å². The number of carbonyl (C=O) groups excluding carboxylic acids is 1. The van der Waals surface area contributed by atoms with E-state index in [4.69, 9.17) is 4.74 Å². The Bertz CT molecular complexity index is 331. The summed E-state index contributed by atoms with van der Waals surface area (Å²) in [7, 11) is 0. The van der Waals surface area contributed by atoms with E-state index in [9.17, 15) is 4.79 Å². The topological polar surface area (TPSA) is 26.3 Å². The van der Waals surface area contributed by atoms with Crippen LogP contribution in [0.5, 0.6) is 0 Å². The van der Waals surface area contributed by atoms with Gasteiger partial charge in [0.15, 0.2) is 0 Å². The number of carbonyl (C=O) groups is 1. The number of hydrogen-bond donors (Lipinski definition) is 0. The molecule has 1 aromatic carbocycles. The highest BCUT2D eigenvalue weighted by molar-refractivity contribution is 5.69. The normalized spacial score (nSPS) is 17.3. The molecule has 2 rings (SSSR count). The molecule has 74 valence electrons. The minimum absolute atomic E-state index is 0.0679. The highest BCUT2D eigenvalue weighted by Crippen LogP contribution is 2.15. The Morgan fingerprint density at radius 2 is 1.71 bits per heavy atom. The van der Waals surface area contributed by atoms with Crippen LogP contribution in [0.4, 0.5) is 0 Å². The Labute approximate surface area is 83.9 Å². The second kappa shape index (κ2) is 4.27. The first-order valence-electron chi connectivity index (χ1n) is 5.08. The highest BCUT2D eigenvalue weighted by atomic mass is 16.5. The van der Waals surface area contributed by atoms with Gasteiger partial charge in [-0.15, -0.1) is 0 Å². The van der Waals surface area contributed by atoms with E-state index in [0.29, 0.717) is 13.0 Å². The zero-order chi connectivity index (χ0) is 9.80. The van der Waals surface area contributed by atoms with E-state index in [0.717, 1.165) is 19.3 Å². The molecular weight excluding hydrogens is 176 g/mol. The fourth-order valence-electron chi connectivity index (χ4n) is 1.80. The van der Waals surface area contributed by atoms with Crippen molar-refractivity contribution in [3.63, 3.8) is 0 Å². The molecule has 0 atom stereocenters. The standard InChI is InChI=1S/C12H14O2/c13-12-8-7-11-5-2-1-4-10(11)6-3-9-14-12/h1-2,4-5H,3,6-9H2. The molecule has 0 aromatic heterocycles. The molecule has 0 aliphatic carbocycles. The van der Waals surface area contributed by atoms with E-state index in [1.54, 1.807) is 0 Å². The van der Waals surface area contributed by atoms with Crippen LogP contribution in [0, 0.1) is 0 Å². The van der Waals surface area contributed by atoms with Crippen LogP contribution in [0.2, 0.25) is 0 Å². The number of aryl methyl sites for hydroxylation is 2. The van der Waals surface area contributed by atoms with Crippen LogP contribution in [0.3, 0.4) is 0 Å². The number of hydrogen-bond acceptors (Lipinski definition) is 2. The zero-order valence-electron chi connectivity index (χ0n) is 8.16. The van der Waals surface area contributed by atoms with Gasteiger partial charge in [-0.2, -0.15) is 0 Å². The number of cyclic esters (lactones) is 1. The molecule has 0 N–H and O–H groups in total. The first-order valence-corrected chi connectivity index (χ1v) is 5.08. The molecule has 0 bridgehead atoms. The molecule has 0 amide bonds. The molecule has 2 heteroatoms. The Hall–Kier alpha value is -1.31. The fraction of sp³-hybridized carbons (Fsp3) is 0.417. The van der Waals surface area contributed by atoms with Gasteiger partial charge in [0.1, 0.15) is 0 Å². The van der Waals surface area contributed by atoms with Gasteiger partial charge in [0.2, 0.25) is 0 Å². The van der Waals surface area contributed by atoms with Crippen molar-refractivity contribution < 1.29 is 9.53 Å². The first-order chi connectivity index (χ1) is 6.86. The van der Waals surface area contributed by atoms with Gasteiger partial charge < -0.3 is 4.74 Å². The van der Waals surface area contributed by atoms with E-state index in [-0.39, 0.29) is 5.97 Å². The van der Waals surface area contributed by atoms with E-state index in [1.807, 2.05) is 6.07 Å². The van der Waals surface area contributed by atoms with Gasteiger partial charge in [-0.1, -0.05) is 24.3 Å². The fourth-order valence-corrected chi connectivity index (χ4v) is 1.80. The Morgan fingerprint density at radius 1 is 1.00 bits per heavy atom. The molecule has 0 spiro atoms. The van der Waals surface area contributed by atoms with Crippen molar-refractivity contribution in [1.82, 2.24) is 0 Å². The molecule has 1 aromatic rings. The molecule has 0 unspecified atom stereocenters. The molecule has 0 fully saturated rings. The highest BCUT2D eigenvalue weighted by Gasteiger charge is 2.09. The smallest absolute Gasteiger partial charge is 0.306 e. The van der Waals surface area contributed by atoms with Crippen molar-refractivity contribution in [3.8, 4) is 0 Å². The molecule has 1 aliphatic rings. The van der Waals surface area contributed by atoms with Gasteiger partial charge in [-0.05, 0) is 30.4 Å². The summed E-state index contributed by atoms with van der Waals surface area (Å²) in [6.45, 7) is 0.563. The first kappa shape index (κ1) is 9.25. The number of fused-ring (bicyclic) bond motifs is 1. The molecule has 1 aliphatic heterocycles.